The van der Waals surface area contributed by atoms with E-state index in [0.29, 0.717) is 19.7 Å². The van der Waals surface area contributed by atoms with Crippen LogP contribution in [0.4, 0.5) is 18.3 Å². The minimum Gasteiger partial charge on any atom is -0.370 e. The quantitative estimate of drug-likeness (QED) is 0.846. The van der Waals surface area contributed by atoms with E-state index in [1.54, 1.807) is 6.07 Å². The molecule has 0 radical (unpaired) electrons. The Bertz CT molecular complexity index is 659. The Hall–Kier alpha value is -1.67. The van der Waals surface area contributed by atoms with Crippen LogP contribution in [0.2, 0.25) is 0 Å². The smallest absolute Gasteiger partial charge is 0.370 e. The fraction of sp³-hybridized carbons (Fsp3) is 0.429. The van der Waals surface area contributed by atoms with Crippen LogP contribution in [0.25, 0.3) is 0 Å². The Morgan fingerprint density at radius 1 is 1.27 bits per heavy atom. The standard InChI is InChI=1S/C14H14F3N3OS/c1-9-18-19-13(22-9)20-6-7-21-12(8-20)10-4-2-3-5-11(10)14(15,16)17/h2-5,12H,6-8H2,1H3/t12-/m0/s1. The number of alkyl halides is 3. The summed E-state index contributed by atoms with van der Waals surface area (Å²) in [6.07, 6.45) is -5.02. The molecule has 3 rings (SSSR count). The van der Waals surface area contributed by atoms with E-state index in [4.69, 9.17) is 4.74 Å². The molecule has 0 spiro atoms. The number of hydrogen-bond donors (Lipinski definition) is 0. The number of ether oxygens (including phenoxy) is 1. The second-order valence-electron chi connectivity index (χ2n) is 4.99. The lowest BCUT2D eigenvalue weighted by Gasteiger charge is -2.33. The van der Waals surface area contributed by atoms with Crippen LogP contribution in [0.3, 0.4) is 0 Å². The van der Waals surface area contributed by atoms with Crippen molar-refractivity contribution >= 4 is 16.5 Å². The molecular formula is C14H14F3N3OS. The number of aryl methyl sites for hydroxylation is 1. The average molecular weight is 329 g/mol. The normalized spacial score (nSPS) is 19.5. The van der Waals surface area contributed by atoms with Crippen LogP contribution < -0.4 is 4.90 Å². The minimum absolute atomic E-state index is 0.168. The van der Waals surface area contributed by atoms with Gasteiger partial charge in [0.05, 0.1) is 18.7 Å². The van der Waals surface area contributed by atoms with Crippen molar-refractivity contribution in [3.05, 3.63) is 40.4 Å². The number of morpholine rings is 1. The first-order chi connectivity index (χ1) is 10.4. The topological polar surface area (TPSA) is 38.2 Å². The van der Waals surface area contributed by atoms with Crippen molar-refractivity contribution in [3.8, 4) is 0 Å². The van der Waals surface area contributed by atoms with Crippen LogP contribution in [0.1, 0.15) is 22.2 Å². The van der Waals surface area contributed by atoms with Crippen molar-refractivity contribution in [2.75, 3.05) is 24.6 Å². The van der Waals surface area contributed by atoms with Crippen molar-refractivity contribution in [1.82, 2.24) is 10.2 Å². The molecule has 1 atom stereocenters. The Morgan fingerprint density at radius 3 is 2.73 bits per heavy atom. The van der Waals surface area contributed by atoms with Gasteiger partial charge in [-0.2, -0.15) is 13.2 Å². The Morgan fingerprint density at radius 2 is 2.05 bits per heavy atom. The third kappa shape index (κ3) is 3.07. The highest BCUT2D eigenvalue weighted by atomic mass is 32.1. The molecule has 2 heterocycles. The maximum absolute atomic E-state index is 13.1. The number of hydrogen-bond acceptors (Lipinski definition) is 5. The lowest BCUT2D eigenvalue weighted by molar-refractivity contribution is -0.139. The van der Waals surface area contributed by atoms with Crippen LogP contribution >= 0.6 is 11.3 Å². The lowest BCUT2D eigenvalue weighted by atomic mass is 10.0. The van der Waals surface area contributed by atoms with E-state index in [2.05, 4.69) is 10.2 Å². The molecule has 0 aliphatic carbocycles. The molecule has 1 fully saturated rings. The number of halogens is 3. The number of benzene rings is 1. The first-order valence-corrected chi connectivity index (χ1v) is 7.59. The molecule has 1 aliphatic heterocycles. The number of aromatic nitrogens is 2. The van der Waals surface area contributed by atoms with E-state index < -0.39 is 17.8 Å². The van der Waals surface area contributed by atoms with Gasteiger partial charge in [0.2, 0.25) is 5.13 Å². The average Bonchev–Trinajstić information content (AvgIpc) is 2.93. The maximum Gasteiger partial charge on any atom is 0.416 e. The third-order valence-electron chi connectivity index (χ3n) is 3.47. The summed E-state index contributed by atoms with van der Waals surface area (Å²) >= 11 is 1.43. The Labute approximate surface area is 129 Å². The summed E-state index contributed by atoms with van der Waals surface area (Å²) in [6, 6.07) is 5.55. The zero-order valence-corrected chi connectivity index (χ0v) is 12.6. The predicted octanol–water partition coefficient (Wildman–Crippen LogP) is 3.44. The fourth-order valence-electron chi connectivity index (χ4n) is 2.46. The molecule has 4 nitrogen and oxygen atoms in total. The molecule has 0 saturated carbocycles. The molecule has 0 bridgehead atoms. The summed E-state index contributed by atoms with van der Waals surface area (Å²) in [4.78, 5) is 1.92. The van der Waals surface area contributed by atoms with E-state index in [0.717, 1.165) is 16.2 Å². The molecule has 1 saturated heterocycles. The van der Waals surface area contributed by atoms with Gasteiger partial charge in [0.1, 0.15) is 11.1 Å². The van der Waals surface area contributed by atoms with Crippen LogP contribution in [-0.2, 0) is 10.9 Å². The zero-order valence-electron chi connectivity index (χ0n) is 11.8. The molecule has 0 amide bonds. The molecule has 1 aromatic carbocycles. The Balaban J connectivity index is 1.86. The summed E-state index contributed by atoms with van der Waals surface area (Å²) in [5.74, 6) is 0. The van der Waals surface area contributed by atoms with Gasteiger partial charge in [-0.1, -0.05) is 29.5 Å². The van der Waals surface area contributed by atoms with Gasteiger partial charge in [0.25, 0.3) is 0 Å². The van der Waals surface area contributed by atoms with E-state index in [1.165, 1.54) is 23.5 Å². The fourth-order valence-corrected chi connectivity index (χ4v) is 3.18. The van der Waals surface area contributed by atoms with Crippen molar-refractivity contribution in [2.24, 2.45) is 0 Å². The molecule has 0 unspecified atom stereocenters. The molecule has 0 N–H and O–H groups in total. The largest absolute Gasteiger partial charge is 0.416 e. The van der Waals surface area contributed by atoms with Gasteiger partial charge in [-0.05, 0) is 18.6 Å². The van der Waals surface area contributed by atoms with Crippen molar-refractivity contribution in [1.29, 1.82) is 0 Å². The van der Waals surface area contributed by atoms with E-state index in [9.17, 15) is 13.2 Å². The first-order valence-electron chi connectivity index (χ1n) is 6.78. The second kappa shape index (κ2) is 5.85. The van der Waals surface area contributed by atoms with Crippen molar-refractivity contribution < 1.29 is 17.9 Å². The minimum atomic E-state index is -4.39. The van der Waals surface area contributed by atoms with Crippen molar-refractivity contribution in [2.45, 2.75) is 19.2 Å². The van der Waals surface area contributed by atoms with E-state index in [1.807, 2.05) is 11.8 Å². The van der Waals surface area contributed by atoms with Crippen LogP contribution in [-0.4, -0.2) is 29.9 Å². The van der Waals surface area contributed by atoms with E-state index in [-0.39, 0.29) is 5.56 Å². The summed E-state index contributed by atoms with van der Waals surface area (Å²) in [5, 5.41) is 9.55. The van der Waals surface area contributed by atoms with Gasteiger partial charge < -0.3 is 9.64 Å². The first kappa shape index (κ1) is 15.2. The number of anilines is 1. The Kier molecular flexibility index (Phi) is 4.05. The van der Waals surface area contributed by atoms with Gasteiger partial charge in [0.15, 0.2) is 0 Å². The van der Waals surface area contributed by atoms with Gasteiger partial charge in [-0.25, -0.2) is 0 Å². The van der Waals surface area contributed by atoms with Crippen LogP contribution in [0.5, 0.6) is 0 Å². The number of nitrogens with zero attached hydrogens (tertiary/aromatic N) is 3. The SMILES string of the molecule is Cc1nnc(N2CCO[C@H](c3ccccc3C(F)(F)F)C2)s1. The zero-order chi connectivity index (χ0) is 15.7. The molecule has 8 heteroatoms. The monoisotopic (exact) mass is 329 g/mol. The van der Waals surface area contributed by atoms with Gasteiger partial charge >= 0.3 is 6.18 Å². The highest BCUT2D eigenvalue weighted by Gasteiger charge is 2.36. The predicted molar refractivity (Wildman–Crippen MR) is 77.0 cm³/mol. The van der Waals surface area contributed by atoms with E-state index >= 15 is 0 Å². The number of rotatable bonds is 2. The third-order valence-corrected chi connectivity index (χ3v) is 4.36. The van der Waals surface area contributed by atoms with Gasteiger partial charge in [0, 0.05) is 6.54 Å². The second-order valence-corrected chi connectivity index (χ2v) is 6.15. The molecule has 22 heavy (non-hydrogen) atoms. The van der Waals surface area contributed by atoms with Gasteiger partial charge in [-0.3, -0.25) is 0 Å². The van der Waals surface area contributed by atoms with Crippen LogP contribution in [0, 0.1) is 6.92 Å². The molecule has 1 aliphatic rings. The summed E-state index contributed by atoms with van der Waals surface area (Å²) in [6.45, 7) is 3.13. The highest BCUT2D eigenvalue weighted by molar-refractivity contribution is 7.15. The molecular weight excluding hydrogens is 315 g/mol. The molecule has 2 aromatic rings. The summed E-state index contributed by atoms with van der Waals surface area (Å²) < 4.78 is 45.0. The summed E-state index contributed by atoms with van der Waals surface area (Å²) in [7, 11) is 0. The maximum atomic E-state index is 13.1. The van der Waals surface area contributed by atoms with Crippen molar-refractivity contribution in [3.63, 3.8) is 0 Å². The summed E-state index contributed by atoms with van der Waals surface area (Å²) in [5.41, 5.74) is -0.476. The highest BCUT2D eigenvalue weighted by Crippen LogP contribution is 2.37. The lowest BCUT2D eigenvalue weighted by Crippen LogP contribution is -2.39. The van der Waals surface area contributed by atoms with Crippen LogP contribution in [0.15, 0.2) is 24.3 Å². The van der Waals surface area contributed by atoms with Gasteiger partial charge in [-0.15, -0.1) is 10.2 Å². The molecule has 1 aromatic heterocycles. The molecule has 118 valence electrons.